The van der Waals surface area contributed by atoms with Gasteiger partial charge in [0.25, 0.3) is 0 Å². The summed E-state index contributed by atoms with van der Waals surface area (Å²) in [6, 6.07) is 1.80. The van der Waals surface area contributed by atoms with Gasteiger partial charge in [0.2, 0.25) is 5.95 Å². The molecule has 0 radical (unpaired) electrons. The minimum absolute atomic E-state index is 0.258. The number of hydrogen-bond acceptors (Lipinski definition) is 5. The Balaban J connectivity index is 2.17. The van der Waals surface area contributed by atoms with E-state index in [9.17, 15) is 0 Å². The molecule has 2 aromatic rings. The summed E-state index contributed by atoms with van der Waals surface area (Å²) in [5.41, 5.74) is 8.31. The Kier molecular flexibility index (Phi) is 1.96. The third-order valence-corrected chi connectivity index (χ3v) is 2.54. The van der Waals surface area contributed by atoms with E-state index in [1.54, 1.807) is 18.5 Å². The molecule has 0 amide bonds. The van der Waals surface area contributed by atoms with Gasteiger partial charge in [0.15, 0.2) is 0 Å². The van der Waals surface area contributed by atoms with Crippen molar-refractivity contribution < 1.29 is 4.74 Å². The first kappa shape index (κ1) is 9.08. The fourth-order valence-electron chi connectivity index (χ4n) is 1.81. The zero-order valence-corrected chi connectivity index (χ0v) is 8.55. The van der Waals surface area contributed by atoms with Crippen LogP contribution in [0.3, 0.4) is 0 Å². The number of hydrogen-bond donors (Lipinski definition) is 1. The molecular weight excluding hydrogens is 204 g/mol. The van der Waals surface area contributed by atoms with Gasteiger partial charge in [-0.15, -0.1) is 0 Å². The van der Waals surface area contributed by atoms with Crippen LogP contribution in [0.4, 0.5) is 5.95 Å². The summed E-state index contributed by atoms with van der Waals surface area (Å²) in [4.78, 5) is 12.2. The molecule has 0 atom stereocenters. The molecule has 1 aliphatic rings. The van der Waals surface area contributed by atoms with Crippen molar-refractivity contribution in [2.75, 3.05) is 12.3 Å². The average Bonchev–Trinajstić information content (AvgIpc) is 2.76. The molecule has 5 nitrogen and oxygen atoms in total. The molecule has 0 bridgehead atoms. The first-order valence-electron chi connectivity index (χ1n) is 5.03. The smallest absolute Gasteiger partial charge is 0.220 e. The van der Waals surface area contributed by atoms with E-state index < -0.39 is 0 Å². The average molecular weight is 214 g/mol. The fourth-order valence-corrected chi connectivity index (χ4v) is 1.81. The van der Waals surface area contributed by atoms with Crippen LogP contribution in [-0.4, -0.2) is 21.6 Å². The van der Waals surface area contributed by atoms with Crippen LogP contribution in [0.25, 0.3) is 11.3 Å². The van der Waals surface area contributed by atoms with Crippen LogP contribution >= 0.6 is 0 Å². The zero-order chi connectivity index (χ0) is 11.0. The van der Waals surface area contributed by atoms with E-state index in [0.717, 1.165) is 29.0 Å². The summed E-state index contributed by atoms with van der Waals surface area (Å²) < 4.78 is 5.58. The van der Waals surface area contributed by atoms with E-state index in [0.29, 0.717) is 6.61 Å². The molecule has 3 heterocycles. The van der Waals surface area contributed by atoms with E-state index in [-0.39, 0.29) is 5.95 Å². The lowest BCUT2D eigenvalue weighted by Crippen LogP contribution is -1.96. The number of aromatic nitrogens is 3. The molecule has 1 aliphatic heterocycles. The molecule has 0 spiro atoms. The minimum atomic E-state index is 0.258. The quantitative estimate of drug-likeness (QED) is 0.768. The van der Waals surface area contributed by atoms with E-state index in [1.807, 2.05) is 6.20 Å². The molecule has 3 rings (SSSR count). The Morgan fingerprint density at radius 2 is 2.25 bits per heavy atom. The first-order chi connectivity index (χ1) is 7.84. The van der Waals surface area contributed by atoms with Gasteiger partial charge in [0, 0.05) is 30.6 Å². The second-order valence-corrected chi connectivity index (χ2v) is 3.57. The standard InChI is InChI=1S/C11H10N4O/c12-11-14-3-1-9(15-11)8-6-13-5-7-2-4-16-10(7)8/h1,3,5-6H,2,4H2,(H2,12,14,15). The second kappa shape index (κ2) is 3.44. The third-order valence-electron chi connectivity index (χ3n) is 2.54. The van der Waals surface area contributed by atoms with Gasteiger partial charge in [0.05, 0.1) is 17.9 Å². The Labute approximate surface area is 92.3 Å². The number of anilines is 1. The second-order valence-electron chi connectivity index (χ2n) is 3.57. The van der Waals surface area contributed by atoms with Crippen molar-refractivity contribution >= 4 is 5.95 Å². The maximum atomic E-state index is 5.58. The van der Waals surface area contributed by atoms with Crippen molar-refractivity contribution in [3.63, 3.8) is 0 Å². The molecule has 5 heteroatoms. The number of rotatable bonds is 1. The van der Waals surface area contributed by atoms with Crippen molar-refractivity contribution in [2.24, 2.45) is 0 Å². The van der Waals surface area contributed by atoms with Gasteiger partial charge < -0.3 is 10.5 Å². The summed E-state index contributed by atoms with van der Waals surface area (Å²) in [7, 11) is 0. The number of nitrogen functional groups attached to an aromatic ring is 1. The van der Waals surface area contributed by atoms with E-state index in [1.165, 1.54) is 0 Å². The number of fused-ring (bicyclic) bond motifs is 1. The zero-order valence-electron chi connectivity index (χ0n) is 8.55. The summed E-state index contributed by atoms with van der Waals surface area (Å²) in [5.74, 6) is 1.13. The largest absolute Gasteiger partial charge is 0.492 e. The van der Waals surface area contributed by atoms with Crippen LogP contribution in [0.2, 0.25) is 0 Å². The van der Waals surface area contributed by atoms with E-state index in [4.69, 9.17) is 10.5 Å². The molecule has 0 fully saturated rings. The highest BCUT2D eigenvalue weighted by Crippen LogP contribution is 2.34. The maximum absolute atomic E-state index is 5.58. The maximum Gasteiger partial charge on any atom is 0.220 e. The number of ether oxygens (including phenoxy) is 1. The Morgan fingerprint density at radius 3 is 3.12 bits per heavy atom. The Hall–Kier alpha value is -2.17. The number of nitrogens with two attached hydrogens (primary N) is 1. The van der Waals surface area contributed by atoms with Crippen molar-refractivity contribution in [3.8, 4) is 17.0 Å². The van der Waals surface area contributed by atoms with Gasteiger partial charge in [-0.05, 0) is 6.07 Å². The summed E-state index contributed by atoms with van der Waals surface area (Å²) >= 11 is 0. The lowest BCUT2D eigenvalue weighted by Gasteiger charge is -2.06. The van der Waals surface area contributed by atoms with Crippen molar-refractivity contribution in [1.29, 1.82) is 0 Å². The van der Waals surface area contributed by atoms with Gasteiger partial charge >= 0.3 is 0 Å². The van der Waals surface area contributed by atoms with E-state index in [2.05, 4.69) is 15.0 Å². The molecule has 0 aromatic carbocycles. The number of pyridine rings is 1. The highest BCUT2D eigenvalue weighted by Gasteiger charge is 2.18. The minimum Gasteiger partial charge on any atom is -0.492 e. The molecule has 0 aliphatic carbocycles. The van der Waals surface area contributed by atoms with Crippen molar-refractivity contribution in [1.82, 2.24) is 15.0 Å². The lowest BCUT2D eigenvalue weighted by atomic mass is 10.1. The molecule has 0 saturated carbocycles. The molecule has 2 N–H and O–H groups in total. The molecular formula is C11H10N4O. The Morgan fingerprint density at radius 1 is 1.31 bits per heavy atom. The molecule has 0 saturated heterocycles. The lowest BCUT2D eigenvalue weighted by molar-refractivity contribution is 0.358. The fraction of sp³-hybridized carbons (Fsp3) is 0.182. The number of nitrogens with zero attached hydrogens (tertiary/aromatic N) is 3. The topological polar surface area (TPSA) is 73.9 Å². The molecule has 80 valence electrons. The predicted octanol–water partition coefficient (Wildman–Crippen LogP) is 1.06. The van der Waals surface area contributed by atoms with Crippen LogP contribution in [0.5, 0.6) is 5.75 Å². The van der Waals surface area contributed by atoms with E-state index >= 15 is 0 Å². The third kappa shape index (κ3) is 1.37. The van der Waals surface area contributed by atoms with Gasteiger partial charge in [-0.25, -0.2) is 9.97 Å². The van der Waals surface area contributed by atoms with Crippen LogP contribution in [0, 0.1) is 0 Å². The van der Waals surface area contributed by atoms with Gasteiger partial charge in [-0.2, -0.15) is 0 Å². The van der Waals surface area contributed by atoms with Gasteiger partial charge in [-0.1, -0.05) is 0 Å². The molecule has 0 unspecified atom stereocenters. The molecule has 2 aromatic heterocycles. The monoisotopic (exact) mass is 214 g/mol. The van der Waals surface area contributed by atoms with Crippen molar-refractivity contribution in [3.05, 3.63) is 30.2 Å². The molecule has 16 heavy (non-hydrogen) atoms. The van der Waals surface area contributed by atoms with Crippen LogP contribution in [0.15, 0.2) is 24.7 Å². The van der Waals surface area contributed by atoms with Gasteiger partial charge in [-0.3, -0.25) is 4.98 Å². The van der Waals surface area contributed by atoms with Gasteiger partial charge in [0.1, 0.15) is 5.75 Å². The summed E-state index contributed by atoms with van der Waals surface area (Å²) in [6.07, 6.45) is 6.10. The van der Waals surface area contributed by atoms with Crippen LogP contribution in [-0.2, 0) is 6.42 Å². The summed E-state index contributed by atoms with van der Waals surface area (Å²) in [5, 5.41) is 0. The SMILES string of the molecule is Nc1nccc(-c2cncc3c2OCC3)n1. The normalized spacial score (nSPS) is 13.2. The van der Waals surface area contributed by atoms with Crippen LogP contribution in [0.1, 0.15) is 5.56 Å². The Bertz CT molecular complexity index is 541. The van der Waals surface area contributed by atoms with Crippen LogP contribution < -0.4 is 10.5 Å². The highest BCUT2D eigenvalue weighted by atomic mass is 16.5. The highest BCUT2D eigenvalue weighted by molar-refractivity contribution is 5.69. The van der Waals surface area contributed by atoms with Crippen molar-refractivity contribution in [2.45, 2.75) is 6.42 Å². The first-order valence-corrected chi connectivity index (χ1v) is 5.03. The summed E-state index contributed by atoms with van der Waals surface area (Å²) in [6.45, 7) is 0.703. The predicted molar refractivity (Wildman–Crippen MR) is 58.9 cm³/mol.